The van der Waals surface area contributed by atoms with Crippen molar-refractivity contribution < 1.29 is 14.1 Å². The van der Waals surface area contributed by atoms with E-state index in [0.29, 0.717) is 23.7 Å². The highest BCUT2D eigenvalue weighted by Gasteiger charge is 2.23. The van der Waals surface area contributed by atoms with Gasteiger partial charge in [-0.1, -0.05) is 5.16 Å². The summed E-state index contributed by atoms with van der Waals surface area (Å²) in [6.07, 6.45) is 0.790. The molecule has 28 heavy (non-hydrogen) atoms. The molecule has 3 aromatic rings. The number of nitrogens with zero attached hydrogens (tertiary/aromatic N) is 3. The van der Waals surface area contributed by atoms with E-state index in [4.69, 9.17) is 4.52 Å². The van der Waals surface area contributed by atoms with Crippen molar-refractivity contribution in [3.8, 4) is 5.82 Å². The molecule has 1 aliphatic rings. The van der Waals surface area contributed by atoms with Gasteiger partial charge < -0.3 is 14.7 Å². The number of hydrogen-bond donors (Lipinski definition) is 1. The van der Waals surface area contributed by atoms with Crippen LogP contribution >= 0.6 is 0 Å². The predicted molar refractivity (Wildman–Crippen MR) is 106 cm³/mol. The van der Waals surface area contributed by atoms with E-state index in [9.17, 15) is 9.59 Å². The highest BCUT2D eigenvalue weighted by molar-refractivity contribution is 6.05. The summed E-state index contributed by atoms with van der Waals surface area (Å²) in [6.45, 7) is 7.90. The molecule has 2 aromatic heterocycles. The zero-order valence-electron chi connectivity index (χ0n) is 16.4. The molecule has 0 spiro atoms. The van der Waals surface area contributed by atoms with Gasteiger partial charge in [-0.2, -0.15) is 0 Å². The van der Waals surface area contributed by atoms with E-state index in [2.05, 4.69) is 10.5 Å². The Morgan fingerprint density at radius 3 is 2.61 bits per heavy atom. The summed E-state index contributed by atoms with van der Waals surface area (Å²) in [5.74, 6) is 1.23. The molecule has 0 saturated carbocycles. The smallest absolute Gasteiger partial charge is 0.257 e. The summed E-state index contributed by atoms with van der Waals surface area (Å²) in [4.78, 5) is 26.3. The number of benzene rings is 1. The van der Waals surface area contributed by atoms with Crippen molar-refractivity contribution in [1.29, 1.82) is 0 Å². The molecular formula is C21H22N4O3. The number of carbonyl (C=O) groups excluding carboxylic acids is 2. The number of anilines is 2. The minimum atomic E-state index is -0.180. The molecule has 0 atom stereocenters. The molecule has 0 bridgehead atoms. The molecule has 3 heterocycles. The fraction of sp³-hybridized carbons (Fsp3) is 0.286. The van der Waals surface area contributed by atoms with Gasteiger partial charge in [0.25, 0.3) is 5.91 Å². The van der Waals surface area contributed by atoms with Crippen molar-refractivity contribution in [3.63, 3.8) is 0 Å². The quantitative estimate of drug-likeness (QED) is 0.756. The Labute approximate surface area is 162 Å². The first kappa shape index (κ1) is 18.0. The van der Waals surface area contributed by atoms with Crippen LogP contribution in [0.1, 0.15) is 40.0 Å². The van der Waals surface area contributed by atoms with Crippen molar-refractivity contribution >= 4 is 23.2 Å². The SMILES string of the molecule is CC(=O)N1CCc2cc(NC(=O)c3cc(C)n(-c4cc(C)on4)c3C)ccc21. The number of carbonyl (C=O) groups is 2. The highest BCUT2D eigenvalue weighted by atomic mass is 16.5. The van der Waals surface area contributed by atoms with Crippen LogP contribution in [0.4, 0.5) is 11.4 Å². The summed E-state index contributed by atoms with van der Waals surface area (Å²) in [5.41, 5.74) is 5.00. The van der Waals surface area contributed by atoms with Crippen LogP contribution in [0.2, 0.25) is 0 Å². The Bertz CT molecular complexity index is 1090. The lowest BCUT2D eigenvalue weighted by Gasteiger charge is -2.15. The Morgan fingerprint density at radius 2 is 1.93 bits per heavy atom. The van der Waals surface area contributed by atoms with Gasteiger partial charge in [0.15, 0.2) is 5.82 Å². The average Bonchev–Trinajstić information content (AvgIpc) is 3.32. The lowest BCUT2D eigenvalue weighted by molar-refractivity contribution is -0.116. The van der Waals surface area contributed by atoms with Gasteiger partial charge in [0, 0.05) is 42.3 Å². The van der Waals surface area contributed by atoms with Gasteiger partial charge in [0.1, 0.15) is 5.76 Å². The van der Waals surface area contributed by atoms with Crippen LogP contribution in [-0.4, -0.2) is 28.1 Å². The van der Waals surface area contributed by atoms with E-state index in [0.717, 1.165) is 34.7 Å². The molecule has 144 valence electrons. The number of nitrogens with one attached hydrogen (secondary N) is 1. The molecule has 0 radical (unpaired) electrons. The minimum Gasteiger partial charge on any atom is -0.360 e. The predicted octanol–water partition coefficient (Wildman–Crippen LogP) is 3.55. The third kappa shape index (κ3) is 2.98. The van der Waals surface area contributed by atoms with Gasteiger partial charge in [-0.3, -0.25) is 14.2 Å². The minimum absolute atomic E-state index is 0.0334. The van der Waals surface area contributed by atoms with Crippen LogP contribution in [-0.2, 0) is 11.2 Å². The van der Waals surface area contributed by atoms with E-state index in [1.165, 1.54) is 0 Å². The van der Waals surface area contributed by atoms with Gasteiger partial charge >= 0.3 is 0 Å². The zero-order valence-corrected chi connectivity index (χ0v) is 16.4. The molecule has 2 amide bonds. The van der Waals surface area contributed by atoms with E-state index in [1.807, 2.05) is 55.7 Å². The molecule has 4 rings (SSSR count). The third-order valence-corrected chi connectivity index (χ3v) is 5.13. The van der Waals surface area contributed by atoms with Crippen molar-refractivity contribution in [2.24, 2.45) is 0 Å². The molecule has 1 aromatic carbocycles. The molecule has 1 N–H and O–H groups in total. The van der Waals surface area contributed by atoms with Gasteiger partial charge in [-0.05, 0) is 57.0 Å². The number of amides is 2. The van der Waals surface area contributed by atoms with Crippen LogP contribution in [0.5, 0.6) is 0 Å². The zero-order chi connectivity index (χ0) is 20.0. The maximum absolute atomic E-state index is 12.9. The van der Waals surface area contributed by atoms with Crippen LogP contribution in [0.25, 0.3) is 5.82 Å². The first-order chi connectivity index (χ1) is 13.3. The maximum atomic E-state index is 12.9. The first-order valence-corrected chi connectivity index (χ1v) is 9.20. The average molecular weight is 378 g/mol. The fourth-order valence-corrected chi connectivity index (χ4v) is 3.81. The second-order valence-electron chi connectivity index (χ2n) is 7.13. The lowest BCUT2D eigenvalue weighted by atomic mass is 10.1. The Kier molecular flexibility index (Phi) is 4.30. The molecular weight excluding hydrogens is 356 g/mol. The largest absolute Gasteiger partial charge is 0.360 e. The van der Waals surface area contributed by atoms with Crippen LogP contribution in [0.3, 0.4) is 0 Å². The summed E-state index contributed by atoms with van der Waals surface area (Å²) in [5, 5.41) is 7.02. The summed E-state index contributed by atoms with van der Waals surface area (Å²) in [6, 6.07) is 9.35. The number of aryl methyl sites for hydroxylation is 2. The van der Waals surface area contributed by atoms with Gasteiger partial charge in [-0.15, -0.1) is 0 Å². The van der Waals surface area contributed by atoms with Crippen molar-refractivity contribution in [2.75, 3.05) is 16.8 Å². The van der Waals surface area contributed by atoms with Crippen LogP contribution in [0, 0.1) is 20.8 Å². The monoisotopic (exact) mass is 378 g/mol. The molecule has 0 aliphatic carbocycles. The molecule has 0 saturated heterocycles. The summed E-state index contributed by atoms with van der Waals surface area (Å²) < 4.78 is 7.06. The second-order valence-corrected chi connectivity index (χ2v) is 7.13. The molecule has 0 unspecified atom stereocenters. The van der Waals surface area contributed by atoms with E-state index < -0.39 is 0 Å². The Hall–Kier alpha value is -3.35. The molecule has 0 fully saturated rings. The fourth-order valence-electron chi connectivity index (χ4n) is 3.81. The standard InChI is InChI=1S/C21H22N4O3/c1-12-9-18(14(3)25(12)20-10-13(2)28-23-20)21(27)22-17-5-6-19-16(11-17)7-8-24(19)15(4)26/h5-6,9-11H,7-8H2,1-4H3,(H,22,27). The normalized spacial score (nSPS) is 12.9. The topological polar surface area (TPSA) is 80.4 Å². The van der Waals surface area contributed by atoms with Crippen LogP contribution < -0.4 is 10.2 Å². The van der Waals surface area contributed by atoms with Gasteiger partial charge in [-0.25, -0.2) is 0 Å². The van der Waals surface area contributed by atoms with E-state index >= 15 is 0 Å². The molecule has 1 aliphatic heterocycles. The van der Waals surface area contributed by atoms with E-state index in [-0.39, 0.29) is 11.8 Å². The second kappa shape index (κ2) is 6.67. The van der Waals surface area contributed by atoms with Crippen molar-refractivity contribution in [1.82, 2.24) is 9.72 Å². The summed E-state index contributed by atoms with van der Waals surface area (Å²) in [7, 11) is 0. The van der Waals surface area contributed by atoms with Gasteiger partial charge in [0.05, 0.1) is 5.56 Å². The Balaban J connectivity index is 1.59. The molecule has 7 heteroatoms. The van der Waals surface area contributed by atoms with Crippen molar-refractivity contribution in [3.05, 3.63) is 58.6 Å². The maximum Gasteiger partial charge on any atom is 0.257 e. The third-order valence-electron chi connectivity index (χ3n) is 5.13. The summed E-state index contributed by atoms with van der Waals surface area (Å²) >= 11 is 0. The number of rotatable bonds is 3. The first-order valence-electron chi connectivity index (χ1n) is 9.20. The van der Waals surface area contributed by atoms with Gasteiger partial charge in [0.2, 0.25) is 5.91 Å². The lowest BCUT2D eigenvalue weighted by Crippen LogP contribution is -2.25. The Morgan fingerprint density at radius 1 is 1.14 bits per heavy atom. The van der Waals surface area contributed by atoms with Crippen molar-refractivity contribution in [2.45, 2.75) is 34.1 Å². The molecule has 7 nitrogen and oxygen atoms in total. The van der Waals surface area contributed by atoms with E-state index in [1.54, 1.807) is 11.8 Å². The number of fused-ring (bicyclic) bond motifs is 1. The number of hydrogen-bond acceptors (Lipinski definition) is 4. The number of aromatic nitrogens is 2. The van der Waals surface area contributed by atoms with Crippen LogP contribution in [0.15, 0.2) is 34.9 Å². The highest BCUT2D eigenvalue weighted by Crippen LogP contribution is 2.31.